The van der Waals surface area contributed by atoms with Gasteiger partial charge in [-0.25, -0.2) is 0 Å². The van der Waals surface area contributed by atoms with Gasteiger partial charge in [0.1, 0.15) is 12.1 Å². The first kappa shape index (κ1) is 29.0. The fourth-order valence-corrected chi connectivity index (χ4v) is 4.42. The number of Topliss-reactive ketones (excluding diaryl/α,β-unsaturated/α-hetero) is 1. The van der Waals surface area contributed by atoms with Crippen LogP contribution in [0.4, 0.5) is 5.69 Å². The number of anilines is 1. The number of nitrogens with one attached hydrogen (secondary N) is 2. The highest BCUT2D eigenvalue weighted by Gasteiger charge is 2.17. The molecule has 0 saturated heterocycles. The van der Waals surface area contributed by atoms with Crippen molar-refractivity contribution in [1.29, 1.82) is 0 Å². The van der Waals surface area contributed by atoms with Crippen molar-refractivity contribution in [3.8, 4) is 0 Å². The summed E-state index contributed by atoms with van der Waals surface area (Å²) in [7, 11) is 0. The minimum Gasteiger partial charge on any atom is -0.466 e. The van der Waals surface area contributed by atoms with Gasteiger partial charge in [0.2, 0.25) is 0 Å². The number of hydrogen-bond acceptors (Lipinski definition) is 6. The molecule has 10 heteroatoms. The molecule has 0 aromatic heterocycles. The SMILES string of the molecule is CCOC(=O)CC(=O)CSc1ccc(NC(=O)/C(=C/c2c(Cl)cccc2Cl)NC(=O)c2ccccc2)cc1. The third kappa shape index (κ3) is 8.76. The molecule has 0 atom stereocenters. The van der Waals surface area contributed by atoms with Gasteiger partial charge >= 0.3 is 5.97 Å². The average Bonchev–Trinajstić information content (AvgIpc) is 2.90. The Balaban J connectivity index is 1.72. The Bertz CT molecular complexity index is 1320. The molecule has 0 radical (unpaired) electrons. The third-order valence-electron chi connectivity index (χ3n) is 4.98. The van der Waals surface area contributed by atoms with E-state index >= 15 is 0 Å². The van der Waals surface area contributed by atoms with Gasteiger partial charge in [0.25, 0.3) is 11.8 Å². The predicted molar refractivity (Wildman–Crippen MR) is 150 cm³/mol. The van der Waals surface area contributed by atoms with Gasteiger partial charge in [0, 0.05) is 31.8 Å². The fourth-order valence-electron chi connectivity index (χ4n) is 3.16. The monoisotopic (exact) mass is 570 g/mol. The molecule has 0 fully saturated rings. The minimum atomic E-state index is -0.588. The normalized spacial score (nSPS) is 11.0. The van der Waals surface area contributed by atoms with E-state index in [1.54, 1.807) is 79.7 Å². The maximum absolute atomic E-state index is 13.2. The van der Waals surface area contributed by atoms with Crippen molar-refractivity contribution >= 4 is 70.3 Å². The number of esters is 1. The molecule has 0 aliphatic carbocycles. The summed E-state index contributed by atoms with van der Waals surface area (Å²) >= 11 is 13.8. The lowest BCUT2D eigenvalue weighted by Crippen LogP contribution is -2.30. The van der Waals surface area contributed by atoms with Crippen molar-refractivity contribution < 1.29 is 23.9 Å². The number of carbonyl (C=O) groups excluding carboxylic acids is 4. The summed E-state index contributed by atoms with van der Waals surface area (Å²) in [6.07, 6.45) is 1.15. The molecule has 196 valence electrons. The topological polar surface area (TPSA) is 102 Å². The molecule has 2 N–H and O–H groups in total. The van der Waals surface area contributed by atoms with Gasteiger partial charge in [-0.2, -0.15) is 0 Å². The summed E-state index contributed by atoms with van der Waals surface area (Å²) in [5, 5.41) is 6.01. The van der Waals surface area contributed by atoms with Gasteiger partial charge in [0.15, 0.2) is 5.78 Å². The largest absolute Gasteiger partial charge is 0.466 e. The molecule has 7 nitrogen and oxygen atoms in total. The standard InChI is InChI=1S/C28H24Cl2N2O5S/c1-2-37-26(34)15-20(33)17-38-21-13-11-19(12-14-21)31-28(36)25(16-22-23(29)9-6-10-24(22)30)32-27(35)18-7-4-3-5-8-18/h3-14,16H,2,15,17H2,1H3,(H,31,36)(H,32,35)/b25-16-. The van der Waals surface area contributed by atoms with Gasteiger partial charge < -0.3 is 15.4 Å². The van der Waals surface area contributed by atoms with Crippen molar-refractivity contribution in [2.45, 2.75) is 18.2 Å². The Morgan fingerprint density at radius 3 is 2.18 bits per heavy atom. The summed E-state index contributed by atoms with van der Waals surface area (Å²) in [4.78, 5) is 50.1. The second-order valence-electron chi connectivity index (χ2n) is 7.80. The zero-order valence-corrected chi connectivity index (χ0v) is 22.7. The quantitative estimate of drug-likeness (QED) is 0.126. The molecule has 0 bridgehead atoms. The second kappa shape index (κ2) is 14.4. The van der Waals surface area contributed by atoms with E-state index in [2.05, 4.69) is 10.6 Å². The van der Waals surface area contributed by atoms with E-state index in [1.807, 2.05) is 0 Å². The van der Waals surface area contributed by atoms with Crippen LogP contribution in [-0.2, 0) is 19.1 Å². The zero-order valence-electron chi connectivity index (χ0n) is 20.3. The van der Waals surface area contributed by atoms with Crippen molar-refractivity contribution in [3.63, 3.8) is 0 Å². The highest BCUT2D eigenvalue weighted by molar-refractivity contribution is 8.00. The molecule has 2 amide bonds. The van der Waals surface area contributed by atoms with Gasteiger partial charge in [0.05, 0.1) is 12.4 Å². The van der Waals surface area contributed by atoms with Gasteiger partial charge in [-0.3, -0.25) is 19.2 Å². The second-order valence-corrected chi connectivity index (χ2v) is 9.66. The summed E-state index contributed by atoms with van der Waals surface area (Å²) in [6, 6.07) is 20.2. The fraction of sp³-hybridized carbons (Fsp3) is 0.143. The van der Waals surface area contributed by atoms with Gasteiger partial charge in [-0.1, -0.05) is 47.5 Å². The van der Waals surface area contributed by atoms with Crippen LogP contribution in [-0.4, -0.2) is 35.9 Å². The van der Waals surface area contributed by atoms with E-state index in [0.29, 0.717) is 26.9 Å². The van der Waals surface area contributed by atoms with E-state index in [0.717, 1.165) is 4.90 Å². The summed E-state index contributed by atoms with van der Waals surface area (Å²) in [5.74, 6) is -1.74. The number of hydrogen-bond donors (Lipinski definition) is 2. The highest BCUT2D eigenvalue weighted by Crippen LogP contribution is 2.27. The number of ether oxygens (including phenoxy) is 1. The Morgan fingerprint density at radius 2 is 1.55 bits per heavy atom. The van der Waals surface area contributed by atoms with Crippen LogP contribution in [0.1, 0.15) is 29.3 Å². The first-order valence-corrected chi connectivity index (χ1v) is 13.2. The highest BCUT2D eigenvalue weighted by atomic mass is 35.5. The average molecular weight is 571 g/mol. The molecule has 3 rings (SSSR count). The van der Waals surface area contributed by atoms with Crippen LogP contribution in [0.15, 0.2) is 83.4 Å². The molecule has 0 saturated carbocycles. The van der Waals surface area contributed by atoms with Crippen LogP contribution < -0.4 is 10.6 Å². The summed E-state index contributed by atoms with van der Waals surface area (Å²) in [6.45, 7) is 1.91. The maximum Gasteiger partial charge on any atom is 0.313 e. The van der Waals surface area contributed by atoms with Crippen LogP contribution in [0.3, 0.4) is 0 Å². The molecule has 0 aliphatic rings. The summed E-state index contributed by atoms with van der Waals surface area (Å²) < 4.78 is 4.78. The van der Waals surface area contributed by atoms with Crippen LogP contribution in [0, 0.1) is 0 Å². The van der Waals surface area contributed by atoms with E-state index < -0.39 is 17.8 Å². The van der Waals surface area contributed by atoms with Crippen molar-refractivity contribution in [2.24, 2.45) is 0 Å². The van der Waals surface area contributed by atoms with E-state index in [9.17, 15) is 19.2 Å². The van der Waals surface area contributed by atoms with Crippen LogP contribution in [0.25, 0.3) is 6.08 Å². The van der Waals surface area contributed by atoms with Crippen molar-refractivity contribution in [2.75, 3.05) is 17.7 Å². The van der Waals surface area contributed by atoms with E-state index in [4.69, 9.17) is 27.9 Å². The van der Waals surface area contributed by atoms with E-state index in [-0.39, 0.29) is 30.3 Å². The third-order valence-corrected chi connectivity index (χ3v) is 6.71. The van der Waals surface area contributed by atoms with Crippen molar-refractivity contribution in [3.05, 3.63) is 99.7 Å². The Hall–Kier alpha value is -3.59. The zero-order chi connectivity index (χ0) is 27.5. The molecule has 0 unspecified atom stereocenters. The lowest BCUT2D eigenvalue weighted by molar-refractivity contribution is -0.145. The molecular weight excluding hydrogens is 547 g/mol. The number of ketones is 1. The number of rotatable bonds is 11. The molecule has 0 aliphatic heterocycles. The van der Waals surface area contributed by atoms with Gasteiger partial charge in [-0.15, -0.1) is 11.8 Å². The number of carbonyl (C=O) groups is 4. The molecule has 0 spiro atoms. The first-order chi connectivity index (χ1) is 18.3. The van der Waals surface area contributed by atoms with Crippen LogP contribution in [0.5, 0.6) is 0 Å². The number of amides is 2. The van der Waals surface area contributed by atoms with Crippen LogP contribution >= 0.6 is 35.0 Å². The molecule has 0 heterocycles. The molecule has 38 heavy (non-hydrogen) atoms. The molecule has 3 aromatic carbocycles. The lowest BCUT2D eigenvalue weighted by Gasteiger charge is -2.13. The summed E-state index contributed by atoms with van der Waals surface area (Å²) in [5.41, 5.74) is 1.16. The number of thioether (sulfide) groups is 1. The molecular formula is C28H24Cl2N2O5S. The Kier molecular flexibility index (Phi) is 11.0. The van der Waals surface area contributed by atoms with Crippen LogP contribution in [0.2, 0.25) is 10.0 Å². The smallest absolute Gasteiger partial charge is 0.313 e. The maximum atomic E-state index is 13.2. The minimum absolute atomic E-state index is 0.0585. The van der Waals surface area contributed by atoms with Crippen molar-refractivity contribution in [1.82, 2.24) is 5.32 Å². The molecule has 3 aromatic rings. The number of halogens is 2. The first-order valence-electron chi connectivity index (χ1n) is 11.5. The van der Waals surface area contributed by atoms with Gasteiger partial charge in [-0.05, 0) is 61.5 Å². The Labute approximate surface area is 234 Å². The lowest BCUT2D eigenvalue weighted by atomic mass is 10.1. The number of benzene rings is 3. The van der Waals surface area contributed by atoms with E-state index in [1.165, 1.54) is 17.8 Å². The predicted octanol–water partition coefficient (Wildman–Crippen LogP) is 6.02. The Morgan fingerprint density at radius 1 is 0.895 bits per heavy atom.